The van der Waals surface area contributed by atoms with Crippen LogP contribution < -0.4 is 0 Å². The standard InChI is InChI=1S/C5H8Br2/c1-2-5(3-6)4-7/h2H,3-4H2,1H3. The van der Waals surface area contributed by atoms with Gasteiger partial charge in [0.05, 0.1) is 0 Å². The first-order valence-corrected chi connectivity index (χ1v) is 4.35. The normalized spacial score (nSPS) is 8.43. The lowest BCUT2D eigenvalue weighted by molar-refractivity contribution is 1.42. The van der Waals surface area contributed by atoms with Gasteiger partial charge in [-0.25, -0.2) is 0 Å². The van der Waals surface area contributed by atoms with E-state index < -0.39 is 0 Å². The summed E-state index contributed by atoms with van der Waals surface area (Å²) in [6.45, 7) is 2.04. The second-order valence-electron chi connectivity index (χ2n) is 1.21. The highest BCUT2D eigenvalue weighted by molar-refractivity contribution is 9.10. The maximum Gasteiger partial charge on any atom is 0.0250 e. The predicted molar refractivity (Wildman–Crippen MR) is 41.3 cm³/mol. The SMILES string of the molecule is CC=C(CBr)CBr. The Kier molecular flexibility index (Phi) is 5.33. The van der Waals surface area contributed by atoms with Crippen molar-refractivity contribution in [1.29, 1.82) is 0 Å². The Hall–Kier alpha value is 0.700. The van der Waals surface area contributed by atoms with Gasteiger partial charge in [-0.2, -0.15) is 0 Å². The molecule has 0 saturated carbocycles. The topological polar surface area (TPSA) is 0 Å². The molecule has 0 amide bonds. The summed E-state index contributed by atoms with van der Waals surface area (Å²) in [6.07, 6.45) is 2.10. The highest BCUT2D eigenvalue weighted by Gasteiger charge is 1.85. The van der Waals surface area contributed by atoms with Crippen molar-refractivity contribution in [3.05, 3.63) is 11.6 Å². The van der Waals surface area contributed by atoms with Crippen LogP contribution in [0.3, 0.4) is 0 Å². The molecule has 0 aromatic heterocycles. The Morgan fingerprint density at radius 1 is 1.43 bits per heavy atom. The van der Waals surface area contributed by atoms with Crippen LogP contribution in [0.25, 0.3) is 0 Å². The zero-order valence-electron chi connectivity index (χ0n) is 4.25. The molecule has 0 aliphatic carbocycles. The van der Waals surface area contributed by atoms with E-state index in [9.17, 15) is 0 Å². The lowest BCUT2D eigenvalue weighted by Gasteiger charge is -1.90. The number of hydrogen-bond donors (Lipinski definition) is 0. The van der Waals surface area contributed by atoms with Gasteiger partial charge in [-0.3, -0.25) is 0 Å². The molecule has 7 heavy (non-hydrogen) atoms. The van der Waals surface area contributed by atoms with Gasteiger partial charge in [0, 0.05) is 10.7 Å². The van der Waals surface area contributed by atoms with Crippen LogP contribution in [-0.4, -0.2) is 10.7 Å². The smallest absolute Gasteiger partial charge is 0.0250 e. The van der Waals surface area contributed by atoms with Gasteiger partial charge >= 0.3 is 0 Å². The van der Waals surface area contributed by atoms with Gasteiger partial charge in [-0.05, 0) is 6.92 Å². The Morgan fingerprint density at radius 2 is 1.86 bits per heavy atom. The molecule has 2 heteroatoms. The molecule has 0 nitrogen and oxygen atoms in total. The average Bonchev–Trinajstić information content (AvgIpc) is 1.72. The molecule has 0 spiro atoms. The molecule has 0 fully saturated rings. The van der Waals surface area contributed by atoms with Crippen LogP contribution in [0.4, 0.5) is 0 Å². The number of allylic oxidation sites excluding steroid dienone is 2. The van der Waals surface area contributed by atoms with Crippen LogP contribution in [0.2, 0.25) is 0 Å². The third-order valence-corrected chi connectivity index (χ3v) is 2.19. The highest BCUT2D eigenvalue weighted by atomic mass is 79.9. The fourth-order valence-electron chi connectivity index (χ4n) is 0.190. The molecule has 0 N–H and O–H groups in total. The van der Waals surface area contributed by atoms with E-state index in [0.29, 0.717) is 0 Å². The van der Waals surface area contributed by atoms with E-state index in [1.54, 1.807) is 0 Å². The molecule has 0 aliphatic rings. The molecule has 0 rings (SSSR count). The van der Waals surface area contributed by atoms with E-state index in [1.807, 2.05) is 6.92 Å². The molecular weight excluding hydrogens is 220 g/mol. The van der Waals surface area contributed by atoms with Crippen LogP contribution in [0.15, 0.2) is 11.6 Å². The summed E-state index contributed by atoms with van der Waals surface area (Å²) in [5.74, 6) is 0. The van der Waals surface area contributed by atoms with Crippen LogP contribution in [0.5, 0.6) is 0 Å². The summed E-state index contributed by atoms with van der Waals surface area (Å²) < 4.78 is 0. The zero-order valence-corrected chi connectivity index (χ0v) is 7.42. The molecule has 0 bridgehead atoms. The van der Waals surface area contributed by atoms with Crippen molar-refractivity contribution < 1.29 is 0 Å². The maximum atomic E-state index is 3.34. The van der Waals surface area contributed by atoms with E-state index in [2.05, 4.69) is 37.9 Å². The van der Waals surface area contributed by atoms with Gasteiger partial charge in [0.2, 0.25) is 0 Å². The molecule has 0 saturated heterocycles. The summed E-state index contributed by atoms with van der Waals surface area (Å²) in [6, 6.07) is 0. The molecule has 0 aromatic rings. The minimum atomic E-state index is 0.981. The highest BCUT2D eigenvalue weighted by Crippen LogP contribution is 2.01. The molecule has 42 valence electrons. The summed E-state index contributed by atoms with van der Waals surface area (Å²) in [4.78, 5) is 0. The Balaban J connectivity index is 3.38. The lowest BCUT2D eigenvalue weighted by Crippen LogP contribution is -1.81. The largest absolute Gasteiger partial charge is 0.0880 e. The van der Waals surface area contributed by atoms with Gasteiger partial charge in [0.1, 0.15) is 0 Å². The van der Waals surface area contributed by atoms with Crippen LogP contribution in [0, 0.1) is 0 Å². The summed E-state index contributed by atoms with van der Waals surface area (Å²) in [5.41, 5.74) is 1.39. The maximum absolute atomic E-state index is 3.34. The van der Waals surface area contributed by atoms with Gasteiger partial charge in [0.25, 0.3) is 0 Å². The first-order valence-electron chi connectivity index (χ1n) is 2.11. The molecule has 0 aliphatic heterocycles. The monoisotopic (exact) mass is 226 g/mol. The predicted octanol–water partition coefficient (Wildman–Crippen LogP) is 2.72. The summed E-state index contributed by atoms with van der Waals surface area (Å²) in [5, 5.41) is 1.96. The number of rotatable bonds is 2. The molecule has 0 radical (unpaired) electrons. The quantitative estimate of drug-likeness (QED) is 0.503. The average molecular weight is 228 g/mol. The fourth-order valence-corrected chi connectivity index (χ4v) is 1.77. The van der Waals surface area contributed by atoms with E-state index in [-0.39, 0.29) is 0 Å². The van der Waals surface area contributed by atoms with E-state index >= 15 is 0 Å². The molecule has 0 atom stereocenters. The van der Waals surface area contributed by atoms with Crippen molar-refractivity contribution in [2.24, 2.45) is 0 Å². The zero-order chi connectivity index (χ0) is 5.70. The number of halogens is 2. The molecule has 0 aromatic carbocycles. The second kappa shape index (κ2) is 4.85. The molecular formula is C5H8Br2. The second-order valence-corrected chi connectivity index (χ2v) is 2.34. The minimum absolute atomic E-state index is 0.981. The first kappa shape index (κ1) is 7.70. The van der Waals surface area contributed by atoms with Crippen LogP contribution in [-0.2, 0) is 0 Å². The fraction of sp³-hybridized carbons (Fsp3) is 0.600. The van der Waals surface area contributed by atoms with Crippen LogP contribution in [0.1, 0.15) is 6.92 Å². The molecule has 0 heterocycles. The first-order chi connectivity index (χ1) is 3.35. The minimum Gasteiger partial charge on any atom is -0.0880 e. The van der Waals surface area contributed by atoms with E-state index in [4.69, 9.17) is 0 Å². The van der Waals surface area contributed by atoms with Crippen molar-refractivity contribution in [3.63, 3.8) is 0 Å². The number of alkyl halides is 2. The third kappa shape index (κ3) is 3.30. The number of hydrogen-bond acceptors (Lipinski definition) is 0. The Labute approximate surface area is 61.2 Å². The Morgan fingerprint density at radius 3 is 1.86 bits per heavy atom. The third-order valence-electron chi connectivity index (χ3n) is 0.752. The van der Waals surface area contributed by atoms with E-state index in [0.717, 1.165) is 10.7 Å². The van der Waals surface area contributed by atoms with Crippen molar-refractivity contribution in [3.8, 4) is 0 Å². The van der Waals surface area contributed by atoms with Crippen molar-refractivity contribution >= 4 is 31.9 Å². The molecule has 0 unspecified atom stereocenters. The van der Waals surface area contributed by atoms with Gasteiger partial charge < -0.3 is 0 Å². The Bertz CT molecular complexity index is 60.5. The van der Waals surface area contributed by atoms with Gasteiger partial charge in [0.15, 0.2) is 0 Å². The van der Waals surface area contributed by atoms with Crippen molar-refractivity contribution in [2.75, 3.05) is 10.7 Å². The van der Waals surface area contributed by atoms with Gasteiger partial charge in [-0.15, -0.1) is 0 Å². The van der Waals surface area contributed by atoms with E-state index in [1.165, 1.54) is 5.57 Å². The van der Waals surface area contributed by atoms with Gasteiger partial charge in [-0.1, -0.05) is 43.5 Å². The van der Waals surface area contributed by atoms with Crippen molar-refractivity contribution in [1.82, 2.24) is 0 Å². The van der Waals surface area contributed by atoms with Crippen LogP contribution >= 0.6 is 31.9 Å². The lowest BCUT2D eigenvalue weighted by atomic mass is 10.3. The summed E-state index contributed by atoms with van der Waals surface area (Å²) in [7, 11) is 0. The summed E-state index contributed by atoms with van der Waals surface area (Å²) >= 11 is 6.68. The van der Waals surface area contributed by atoms with Crippen molar-refractivity contribution in [2.45, 2.75) is 6.92 Å².